The van der Waals surface area contributed by atoms with Gasteiger partial charge >= 0.3 is 0 Å². The summed E-state index contributed by atoms with van der Waals surface area (Å²) in [5, 5.41) is 5.73. The van der Waals surface area contributed by atoms with Gasteiger partial charge in [0.15, 0.2) is 0 Å². The van der Waals surface area contributed by atoms with E-state index in [0.29, 0.717) is 22.7 Å². The third-order valence-electron chi connectivity index (χ3n) is 4.77. The zero-order chi connectivity index (χ0) is 19.9. The second-order valence-corrected chi connectivity index (χ2v) is 6.79. The number of hydrogen-bond acceptors (Lipinski definition) is 2. The summed E-state index contributed by atoms with van der Waals surface area (Å²) in [7, 11) is 0. The molecule has 0 fully saturated rings. The molecule has 0 aliphatic heterocycles. The van der Waals surface area contributed by atoms with Crippen molar-refractivity contribution in [3.8, 4) is 0 Å². The van der Waals surface area contributed by atoms with E-state index in [1.807, 2.05) is 42.5 Å². The van der Waals surface area contributed by atoms with Crippen molar-refractivity contribution in [1.29, 1.82) is 0 Å². The fourth-order valence-corrected chi connectivity index (χ4v) is 2.86. The van der Waals surface area contributed by atoms with Gasteiger partial charge < -0.3 is 10.6 Å². The van der Waals surface area contributed by atoms with Gasteiger partial charge in [0.1, 0.15) is 0 Å². The Labute approximate surface area is 165 Å². The van der Waals surface area contributed by atoms with E-state index in [0.717, 1.165) is 12.1 Å². The molecule has 28 heavy (non-hydrogen) atoms. The predicted molar refractivity (Wildman–Crippen MR) is 114 cm³/mol. The van der Waals surface area contributed by atoms with Crippen LogP contribution in [0, 0.1) is 0 Å². The van der Waals surface area contributed by atoms with Gasteiger partial charge in [-0.2, -0.15) is 0 Å². The van der Waals surface area contributed by atoms with Crippen LogP contribution in [-0.2, 0) is 0 Å². The van der Waals surface area contributed by atoms with Crippen LogP contribution in [0.2, 0.25) is 0 Å². The van der Waals surface area contributed by atoms with E-state index in [2.05, 4.69) is 24.5 Å². The van der Waals surface area contributed by atoms with E-state index in [1.165, 1.54) is 5.56 Å². The number of carbonyl (C=O) groups is 2. The van der Waals surface area contributed by atoms with E-state index in [1.54, 1.807) is 36.4 Å². The van der Waals surface area contributed by atoms with Crippen molar-refractivity contribution in [3.05, 3.63) is 95.6 Å². The molecule has 3 aromatic carbocycles. The highest BCUT2D eigenvalue weighted by atomic mass is 16.2. The molecule has 1 atom stereocenters. The van der Waals surface area contributed by atoms with E-state index in [9.17, 15) is 9.59 Å². The summed E-state index contributed by atoms with van der Waals surface area (Å²) in [5.41, 5.74) is 3.63. The highest BCUT2D eigenvalue weighted by Crippen LogP contribution is 2.21. The zero-order valence-electron chi connectivity index (χ0n) is 16.1. The minimum Gasteiger partial charge on any atom is -0.322 e. The number of carbonyl (C=O) groups excluding carboxylic acids is 2. The van der Waals surface area contributed by atoms with Crippen LogP contribution in [0.1, 0.15) is 52.5 Å². The fraction of sp³-hybridized carbons (Fsp3) is 0.167. The van der Waals surface area contributed by atoms with Crippen LogP contribution < -0.4 is 10.6 Å². The van der Waals surface area contributed by atoms with Crippen LogP contribution in [0.5, 0.6) is 0 Å². The Kier molecular flexibility index (Phi) is 6.22. The Balaban J connectivity index is 1.67. The van der Waals surface area contributed by atoms with Crippen molar-refractivity contribution in [1.82, 2.24) is 0 Å². The number of anilines is 2. The Morgan fingerprint density at radius 1 is 0.750 bits per heavy atom. The van der Waals surface area contributed by atoms with Crippen LogP contribution in [-0.4, -0.2) is 11.8 Å². The van der Waals surface area contributed by atoms with Gasteiger partial charge in [-0.3, -0.25) is 9.59 Å². The number of amides is 2. The molecule has 0 aromatic heterocycles. The smallest absolute Gasteiger partial charge is 0.255 e. The lowest BCUT2D eigenvalue weighted by Gasteiger charge is -2.11. The summed E-state index contributed by atoms with van der Waals surface area (Å²) in [6, 6.07) is 23.8. The van der Waals surface area contributed by atoms with Crippen LogP contribution >= 0.6 is 0 Å². The molecule has 0 bridgehead atoms. The first-order chi connectivity index (χ1) is 13.6. The zero-order valence-corrected chi connectivity index (χ0v) is 16.1. The van der Waals surface area contributed by atoms with E-state index >= 15 is 0 Å². The lowest BCUT2D eigenvalue weighted by molar-refractivity contribution is 0.101. The molecule has 0 saturated heterocycles. The molecule has 0 saturated carbocycles. The number of hydrogen-bond donors (Lipinski definition) is 2. The van der Waals surface area contributed by atoms with Crippen molar-refractivity contribution < 1.29 is 9.59 Å². The van der Waals surface area contributed by atoms with Crippen molar-refractivity contribution >= 4 is 23.2 Å². The molecule has 3 rings (SSSR count). The minimum atomic E-state index is -0.216. The normalized spacial score (nSPS) is 11.5. The van der Waals surface area contributed by atoms with E-state index in [-0.39, 0.29) is 11.8 Å². The molecule has 0 aliphatic rings. The predicted octanol–water partition coefficient (Wildman–Crippen LogP) is 5.70. The molecule has 0 spiro atoms. The van der Waals surface area contributed by atoms with Gasteiger partial charge in [-0.1, -0.05) is 50.2 Å². The van der Waals surface area contributed by atoms with Crippen molar-refractivity contribution in [2.24, 2.45) is 0 Å². The van der Waals surface area contributed by atoms with Crippen LogP contribution in [0.25, 0.3) is 0 Å². The minimum absolute atomic E-state index is 0.209. The van der Waals surface area contributed by atoms with Crippen LogP contribution in [0.4, 0.5) is 11.4 Å². The quantitative estimate of drug-likeness (QED) is 0.583. The van der Waals surface area contributed by atoms with Crippen LogP contribution in [0.15, 0.2) is 78.9 Å². The van der Waals surface area contributed by atoms with Gasteiger partial charge in [-0.15, -0.1) is 0 Å². The Bertz CT molecular complexity index is 950. The van der Waals surface area contributed by atoms with Crippen molar-refractivity contribution in [2.75, 3.05) is 10.6 Å². The maximum atomic E-state index is 12.6. The van der Waals surface area contributed by atoms with Gasteiger partial charge in [0.2, 0.25) is 0 Å². The first kappa shape index (κ1) is 19.4. The molecule has 0 radical (unpaired) electrons. The molecule has 142 valence electrons. The largest absolute Gasteiger partial charge is 0.322 e. The lowest BCUT2D eigenvalue weighted by atomic mass is 9.98. The van der Waals surface area contributed by atoms with Crippen LogP contribution in [0.3, 0.4) is 0 Å². The lowest BCUT2D eigenvalue weighted by Crippen LogP contribution is -2.14. The average molecular weight is 372 g/mol. The molecule has 0 aliphatic carbocycles. The molecule has 2 N–H and O–H groups in total. The third kappa shape index (κ3) is 4.86. The summed E-state index contributed by atoms with van der Waals surface area (Å²) in [6.45, 7) is 4.34. The van der Waals surface area contributed by atoms with E-state index < -0.39 is 0 Å². The van der Waals surface area contributed by atoms with Crippen molar-refractivity contribution in [3.63, 3.8) is 0 Å². The van der Waals surface area contributed by atoms with Gasteiger partial charge in [0, 0.05) is 22.5 Å². The van der Waals surface area contributed by atoms with Gasteiger partial charge in [-0.05, 0) is 60.4 Å². The number of nitrogens with one attached hydrogen (secondary N) is 2. The molecule has 1 unspecified atom stereocenters. The monoisotopic (exact) mass is 372 g/mol. The fourth-order valence-electron chi connectivity index (χ4n) is 2.86. The summed E-state index contributed by atoms with van der Waals surface area (Å²) in [5.74, 6) is 0.0700. The molecular weight excluding hydrogens is 348 g/mol. The Hall–Kier alpha value is -3.40. The summed E-state index contributed by atoms with van der Waals surface area (Å²) in [4.78, 5) is 24.9. The Morgan fingerprint density at radius 2 is 1.36 bits per heavy atom. The topological polar surface area (TPSA) is 58.2 Å². The number of benzene rings is 3. The number of rotatable bonds is 6. The van der Waals surface area contributed by atoms with Gasteiger partial charge in [-0.25, -0.2) is 0 Å². The highest BCUT2D eigenvalue weighted by Gasteiger charge is 2.10. The molecule has 0 heterocycles. The van der Waals surface area contributed by atoms with Crippen molar-refractivity contribution in [2.45, 2.75) is 26.2 Å². The third-order valence-corrected chi connectivity index (χ3v) is 4.77. The van der Waals surface area contributed by atoms with Gasteiger partial charge in [0.05, 0.1) is 0 Å². The summed E-state index contributed by atoms with van der Waals surface area (Å²) in [6.07, 6.45) is 1.08. The SMILES string of the molecule is CCC(C)c1ccc(NC(=O)c2cccc(NC(=O)c3ccccc3)c2)cc1. The summed E-state index contributed by atoms with van der Waals surface area (Å²) >= 11 is 0. The summed E-state index contributed by atoms with van der Waals surface area (Å²) < 4.78 is 0. The maximum absolute atomic E-state index is 12.6. The first-order valence-corrected chi connectivity index (χ1v) is 9.44. The average Bonchev–Trinajstić information content (AvgIpc) is 2.74. The molecule has 3 aromatic rings. The molecule has 4 nitrogen and oxygen atoms in total. The second kappa shape index (κ2) is 9.00. The standard InChI is InChI=1S/C24H24N2O2/c1-3-17(2)18-12-14-21(15-13-18)25-24(28)20-10-7-11-22(16-20)26-23(27)19-8-5-4-6-9-19/h4-17H,3H2,1-2H3,(H,25,28)(H,26,27). The van der Waals surface area contributed by atoms with E-state index in [4.69, 9.17) is 0 Å². The first-order valence-electron chi connectivity index (χ1n) is 9.44. The second-order valence-electron chi connectivity index (χ2n) is 6.79. The molecule has 2 amide bonds. The maximum Gasteiger partial charge on any atom is 0.255 e. The molecular formula is C24H24N2O2. The van der Waals surface area contributed by atoms with Gasteiger partial charge in [0.25, 0.3) is 11.8 Å². The highest BCUT2D eigenvalue weighted by molar-refractivity contribution is 6.07. The Morgan fingerprint density at radius 3 is 2.04 bits per heavy atom. The molecule has 4 heteroatoms.